The van der Waals surface area contributed by atoms with Crippen LogP contribution >= 0.6 is 11.3 Å². The van der Waals surface area contributed by atoms with Gasteiger partial charge < -0.3 is 19.4 Å². The molecule has 1 aliphatic heterocycles. The Kier molecular flexibility index (Phi) is 5.11. The Labute approximate surface area is 184 Å². The third-order valence-corrected chi connectivity index (χ3v) is 6.53. The van der Waals surface area contributed by atoms with Crippen LogP contribution in [0.25, 0.3) is 10.9 Å². The minimum atomic E-state index is -0.299. The van der Waals surface area contributed by atoms with Crippen molar-refractivity contribution in [3.63, 3.8) is 0 Å². The van der Waals surface area contributed by atoms with Gasteiger partial charge in [0.25, 0.3) is 0 Å². The Morgan fingerprint density at radius 2 is 2.06 bits per heavy atom. The van der Waals surface area contributed by atoms with Gasteiger partial charge in [0, 0.05) is 34.1 Å². The van der Waals surface area contributed by atoms with Crippen LogP contribution in [0.5, 0.6) is 11.5 Å². The number of amides is 1. The fourth-order valence-electron chi connectivity index (χ4n) is 4.54. The summed E-state index contributed by atoms with van der Waals surface area (Å²) in [5.41, 5.74) is 6.83. The van der Waals surface area contributed by atoms with E-state index in [2.05, 4.69) is 28.2 Å². The smallest absolute Gasteiger partial charge is 0.229 e. The molecule has 1 atom stereocenters. The largest absolute Gasteiger partial charge is 0.493 e. The Balaban J connectivity index is 1.67. The van der Waals surface area contributed by atoms with E-state index in [9.17, 15) is 4.79 Å². The molecular weight excluding hydrogens is 410 g/mol. The number of carbonyl (C=O) groups is 1. The number of aromatic amines is 1. The first kappa shape index (κ1) is 19.6. The molecule has 0 saturated heterocycles. The van der Waals surface area contributed by atoms with Crippen molar-refractivity contribution in [1.29, 1.82) is 0 Å². The van der Waals surface area contributed by atoms with Crippen LogP contribution in [0.4, 0.5) is 0 Å². The summed E-state index contributed by atoms with van der Waals surface area (Å²) in [5.74, 6) is 1.34. The van der Waals surface area contributed by atoms with E-state index in [1.807, 2.05) is 34.5 Å². The number of hydrogen-bond acceptors (Lipinski definition) is 5. The van der Waals surface area contributed by atoms with Gasteiger partial charge in [-0.2, -0.15) is 0 Å². The maximum absolute atomic E-state index is 13.4. The number of para-hydroxylation sites is 2. The summed E-state index contributed by atoms with van der Waals surface area (Å²) in [7, 11) is 3.26. The third kappa shape index (κ3) is 3.35. The van der Waals surface area contributed by atoms with Crippen molar-refractivity contribution in [2.24, 2.45) is 0 Å². The molecule has 0 spiro atoms. The average molecular weight is 434 g/mol. The van der Waals surface area contributed by atoms with Gasteiger partial charge in [0.2, 0.25) is 5.91 Å². The molecule has 158 valence electrons. The molecule has 3 heterocycles. The standard InChI is InChI=1S/C24H23N3O3S/c1-29-20-9-5-7-18(24(20)30-2)23-22-17(16-6-3-4-8-19(16)26-22)10-11-27(23)21(28)12-15-13-31-14-25-15/h3-9,13-14,23,26H,10-12H2,1-2H3/t23-/m1/s1. The molecule has 1 N–H and O–H groups in total. The third-order valence-electron chi connectivity index (χ3n) is 5.90. The number of nitrogens with one attached hydrogen (secondary N) is 1. The van der Waals surface area contributed by atoms with Gasteiger partial charge in [0.05, 0.1) is 31.8 Å². The Bertz CT molecular complexity index is 1230. The monoisotopic (exact) mass is 433 g/mol. The lowest BCUT2D eigenvalue weighted by Gasteiger charge is -2.37. The second kappa shape index (κ2) is 8.07. The molecule has 1 aliphatic rings. The first-order chi connectivity index (χ1) is 15.2. The maximum Gasteiger partial charge on any atom is 0.229 e. The zero-order valence-corrected chi connectivity index (χ0v) is 18.2. The van der Waals surface area contributed by atoms with E-state index < -0.39 is 0 Å². The van der Waals surface area contributed by atoms with Gasteiger partial charge in [-0.15, -0.1) is 11.3 Å². The van der Waals surface area contributed by atoms with Crippen molar-refractivity contribution in [3.05, 3.63) is 75.9 Å². The van der Waals surface area contributed by atoms with Gasteiger partial charge >= 0.3 is 0 Å². The molecule has 0 radical (unpaired) electrons. The number of H-pyrrole nitrogens is 1. The van der Waals surface area contributed by atoms with E-state index in [1.54, 1.807) is 19.7 Å². The van der Waals surface area contributed by atoms with Crippen molar-refractivity contribution in [1.82, 2.24) is 14.9 Å². The lowest BCUT2D eigenvalue weighted by molar-refractivity contribution is -0.132. The fraction of sp³-hybridized carbons (Fsp3) is 0.250. The molecule has 0 saturated carbocycles. The number of hydrogen-bond donors (Lipinski definition) is 1. The predicted molar refractivity (Wildman–Crippen MR) is 121 cm³/mol. The second-order valence-corrected chi connectivity index (χ2v) is 8.26. The summed E-state index contributed by atoms with van der Waals surface area (Å²) in [4.78, 5) is 23.3. The molecule has 31 heavy (non-hydrogen) atoms. The number of methoxy groups -OCH3 is 2. The van der Waals surface area contributed by atoms with Crippen molar-refractivity contribution in [3.8, 4) is 11.5 Å². The van der Waals surface area contributed by atoms with Crippen LogP contribution in [0.15, 0.2) is 53.4 Å². The number of aromatic nitrogens is 2. The van der Waals surface area contributed by atoms with Crippen LogP contribution in [0, 0.1) is 0 Å². The molecule has 7 heteroatoms. The first-order valence-electron chi connectivity index (χ1n) is 10.2. The van der Waals surface area contributed by atoms with Crippen molar-refractivity contribution in [2.45, 2.75) is 18.9 Å². The lowest BCUT2D eigenvalue weighted by atomic mass is 9.91. The topological polar surface area (TPSA) is 67.5 Å². The first-order valence-corrected chi connectivity index (χ1v) is 11.1. The number of ether oxygens (including phenoxy) is 2. The summed E-state index contributed by atoms with van der Waals surface area (Å²) in [5, 5.41) is 3.13. The van der Waals surface area contributed by atoms with Crippen LogP contribution in [0.2, 0.25) is 0 Å². The quantitative estimate of drug-likeness (QED) is 0.508. The van der Waals surface area contributed by atoms with Crippen LogP contribution < -0.4 is 9.47 Å². The average Bonchev–Trinajstić information content (AvgIpc) is 3.45. The number of thiazole rings is 1. The van der Waals surface area contributed by atoms with Crippen LogP contribution in [-0.4, -0.2) is 41.5 Å². The highest BCUT2D eigenvalue weighted by Gasteiger charge is 2.36. The number of carbonyl (C=O) groups excluding carboxylic acids is 1. The predicted octanol–water partition coefficient (Wildman–Crippen LogP) is 4.36. The zero-order chi connectivity index (χ0) is 21.4. The molecule has 0 unspecified atom stereocenters. The van der Waals surface area contributed by atoms with Gasteiger partial charge in [-0.25, -0.2) is 4.98 Å². The number of benzene rings is 2. The van der Waals surface area contributed by atoms with Gasteiger partial charge in [-0.1, -0.05) is 30.3 Å². The van der Waals surface area contributed by atoms with Crippen LogP contribution in [0.3, 0.4) is 0 Å². The molecule has 2 aromatic heterocycles. The summed E-state index contributed by atoms with van der Waals surface area (Å²) in [6.07, 6.45) is 1.08. The molecule has 1 amide bonds. The fourth-order valence-corrected chi connectivity index (χ4v) is 5.10. The highest BCUT2D eigenvalue weighted by atomic mass is 32.1. The molecule has 0 bridgehead atoms. The molecule has 2 aromatic carbocycles. The Morgan fingerprint density at radius 1 is 1.19 bits per heavy atom. The number of nitrogens with zero attached hydrogens (tertiary/aromatic N) is 2. The van der Waals surface area contributed by atoms with Crippen molar-refractivity contribution < 1.29 is 14.3 Å². The van der Waals surface area contributed by atoms with E-state index in [1.165, 1.54) is 22.3 Å². The van der Waals surface area contributed by atoms with E-state index in [4.69, 9.17) is 9.47 Å². The van der Waals surface area contributed by atoms with Crippen LogP contribution in [-0.2, 0) is 17.6 Å². The molecule has 6 nitrogen and oxygen atoms in total. The molecule has 5 rings (SSSR count). The van der Waals surface area contributed by atoms with E-state index >= 15 is 0 Å². The maximum atomic E-state index is 13.4. The minimum absolute atomic E-state index is 0.0464. The Hall–Kier alpha value is -3.32. The molecule has 0 aliphatic carbocycles. The summed E-state index contributed by atoms with van der Waals surface area (Å²) >= 11 is 1.50. The molecular formula is C24H23N3O3S. The van der Waals surface area contributed by atoms with E-state index in [0.29, 0.717) is 18.0 Å². The summed E-state index contributed by atoms with van der Waals surface area (Å²) in [6.45, 7) is 0.628. The lowest BCUT2D eigenvalue weighted by Crippen LogP contribution is -2.41. The molecule has 4 aromatic rings. The van der Waals surface area contributed by atoms with Crippen LogP contribution in [0.1, 0.15) is 28.6 Å². The zero-order valence-electron chi connectivity index (χ0n) is 17.4. The SMILES string of the molecule is COc1cccc([C@@H]2c3[nH]c4ccccc4c3CCN2C(=O)Cc2cscn2)c1OC. The highest BCUT2D eigenvalue weighted by Crippen LogP contribution is 2.44. The van der Waals surface area contributed by atoms with Gasteiger partial charge in [-0.3, -0.25) is 4.79 Å². The van der Waals surface area contributed by atoms with Gasteiger partial charge in [-0.05, 0) is 24.1 Å². The Morgan fingerprint density at radius 3 is 2.84 bits per heavy atom. The summed E-state index contributed by atoms with van der Waals surface area (Å²) < 4.78 is 11.3. The number of fused-ring (bicyclic) bond motifs is 3. The second-order valence-electron chi connectivity index (χ2n) is 7.54. The van der Waals surface area contributed by atoms with E-state index in [0.717, 1.165) is 28.9 Å². The van der Waals surface area contributed by atoms with Gasteiger partial charge in [0.1, 0.15) is 6.04 Å². The number of rotatable bonds is 5. The normalized spacial score (nSPS) is 15.7. The summed E-state index contributed by atoms with van der Waals surface area (Å²) in [6, 6.07) is 13.8. The molecule has 0 fully saturated rings. The van der Waals surface area contributed by atoms with Gasteiger partial charge in [0.15, 0.2) is 11.5 Å². The van der Waals surface area contributed by atoms with Crippen molar-refractivity contribution >= 4 is 28.1 Å². The van der Waals surface area contributed by atoms with E-state index in [-0.39, 0.29) is 18.4 Å². The minimum Gasteiger partial charge on any atom is -0.493 e. The highest BCUT2D eigenvalue weighted by molar-refractivity contribution is 7.07. The van der Waals surface area contributed by atoms with Crippen molar-refractivity contribution in [2.75, 3.05) is 20.8 Å².